The zero-order valence-electron chi connectivity index (χ0n) is 13.4. The largest absolute Gasteiger partial charge is 1.00 e. The van der Waals surface area contributed by atoms with Crippen LogP contribution in [0.3, 0.4) is 0 Å². The molecule has 1 heterocycles. The molecule has 0 aliphatic carbocycles. The van der Waals surface area contributed by atoms with Gasteiger partial charge in [-0.15, -0.1) is 0 Å². The van der Waals surface area contributed by atoms with Crippen molar-refractivity contribution in [3.05, 3.63) is 76.4 Å². The fourth-order valence-electron chi connectivity index (χ4n) is 3.25. The van der Waals surface area contributed by atoms with Crippen molar-refractivity contribution in [3.63, 3.8) is 0 Å². The Hall–Kier alpha value is -1.15. The fourth-order valence-corrected chi connectivity index (χ4v) is 4.08. The van der Waals surface area contributed by atoms with Crippen molar-refractivity contribution in [3.8, 4) is 0 Å². The minimum absolute atomic E-state index is 0. The summed E-state index contributed by atoms with van der Waals surface area (Å²) in [5, 5.41) is 5.32. The molecule has 1 aromatic heterocycles. The number of halogens is 2. The smallest absolute Gasteiger partial charge is 0.317 e. The Balaban J connectivity index is 0.00000169. The highest BCUT2D eigenvalue weighted by Crippen LogP contribution is 2.28. The molecule has 0 unspecified atom stereocenters. The van der Waals surface area contributed by atoms with Crippen LogP contribution < -0.4 is 28.5 Å². The molecule has 0 aliphatic heterocycles. The second-order valence-corrected chi connectivity index (χ2v) is 6.74. The Labute approximate surface area is 172 Å². The van der Waals surface area contributed by atoms with E-state index in [1.54, 1.807) is 0 Å². The zero-order valence-corrected chi connectivity index (χ0v) is 17.7. The van der Waals surface area contributed by atoms with Crippen molar-refractivity contribution in [2.45, 2.75) is 20.0 Å². The van der Waals surface area contributed by atoms with Crippen LogP contribution in [0.4, 0.5) is 0 Å². The van der Waals surface area contributed by atoms with E-state index < -0.39 is 0 Å². The Morgan fingerprint density at radius 3 is 2.08 bits per heavy atom. The molecule has 0 amide bonds. The summed E-state index contributed by atoms with van der Waals surface area (Å²) in [6.45, 7) is 4.08. The van der Waals surface area contributed by atoms with Crippen LogP contribution in [0.1, 0.15) is 12.5 Å². The number of fused-ring (bicyclic) bond motifs is 2. The molecule has 0 N–H and O–H groups in total. The number of aromatic nitrogens is 2. The molecule has 0 bridgehead atoms. The lowest BCUT2D eigenvalue weighted by molar-refractivity contribution is -0.700. The number of rotatable bonds is 3. The van der Waals surface area contributed by atoms with Crippen LogP contribution in [-0.4, -0.2) is 4.57 Å². The summed E-state index contributed by atoms with van der Waals surface area (Å²) in [6, 6.07) is 19.7. The van der Waals surface area contributed by atoms with E-state index in [4.69, 9.17) is 0 Å². The number of imidazole rings is 1. The standard InChI is InChI=1S/C20H18IN2.HI/c1-2-22-11-12-23(20(22)21)14-19-17-9-5-3-7-15(17)13-16-8-4-6-10-18(16)19;/h3-13H,2,14H2,1H3;1H/q+1;/p-1. The van der Waals surface area contributed by atoms with Gasteiger partial charge in [0.15, 0.2) is 0 Å². The summed E-state index contributed by atoms with van der Waals surface area (Å²) in [5.74, 6) is 0. The molecule has 0 saturated heterocycles. The summed E-state index contributed by atoms with van der Waals surface area (Å²) in [7, 11) is 0. The topological polar surface area (TPSA) is 8.81 Å². The van der Waals surface area contributed by atoms with E-state index in [1.807, 2.05) is 0 Å². The van der Waals surface area contributed by atoms with Gasteiger partial charge in [0.25, 0.3) is 0 Å². The van der Waals surface area contributed by atoms with Crippen molar-refractivity contribution >= 4 is 44.1 Å². The van der Waals surface area contributed by atoms with E-state index in [0.29, 0.717) is 0 Å². The quantitative estimate of drug-likeness (QED) is 0.213. The van der Waals surface area contributed by atoms with Gasteiger partial charge < -0.3 is 24.0 Å². The maximum atomic E-state index is 2.44. The van der Waals surface area contributed by atoms with Crippen LogP contribution in [0, 0.1) is 3.83 Å². The molecule has 0 radical (unpaired) electrons. The average Bonchev–Trinajstić information content (AvgIpc) is 2.94. The number of hydrogen-bond acceptors (Lipinski definition) is 0. The maximum Gasteiger partial charge on any atom is 0.317 e. The molecule has 122 valence electrons. The first kappa shape index (κ1) is 17.7. The van der Waals surface area contributed by atoms with E-state index in [0.717, 1.165) is 13.1 Å². The fraction of sp³-hybridized carbons (Fsp3) is 0.150. The molecule has 2 nitrogen and oxygen atoms in total. The van der Waals surface area contributed by atoms with Gasteiger partial charge in [0.1, 0.15) is 18.9 Å². The van der Waals surface area contributed by atoms with E-state index in [1.165, 1.54) is 30.9 Å². The molecule has 0 atom stereocenters. The van der Waals surface area contributed by atoms with Gasteiger partial charge in [0.2, 0.25) is 0 Å². The molecule has 0 spiro atoms. The molecule has 0 saturated carbocycles. The molecule has 3 aromatic carbocycles. The van der Waals surface area contributed by atoms with Gasteiger partial charge in [0, 0.05) is 5.56 Å². The Morgan fingerprint density at radius 1 is 0.958 bits per heavy atom. The summed E-state index contributed by atoms with van der Waals surface area (Å²) >= 11 is 2.44. The van der Waals surface area contributed by atoms with Gasteiger partial charge in [-0.25, -0.2) is 9.13 Å². The summed E-state index contributed by atoms with van der Waals surface area (Å²) in [5.41, 5.74) is 1.40. The minimum atomic E-state index is 0. The lowest BCUT2D eigenvalue weighted by Crippen LogP contribution is -3.00. The normalized spacial score (nSPS) is 10.9. The van der Waals surface area contributed by atoms with Crippen LogP contribution in [0.15, 0.2) is 67.0 Å². The minimum Gasteiger partial charge on any atom is -1.00 e. The van der Waals surface area contributed by atoms with Crippen molar-refractivity contribution in [1.82, 2.24) is 4.57 Å². The lowest BCUT2D eigenvalue weighted by atomic mass is 9.97. The second-order valence-electron chi connectivity index (χ2n) is 5.78. The van der Waals surface area contributed by atoms with Gasteiger partial charge in [0.05, 0.1) is 29.1 Å². The van der Waals surface area contributed by atoms with E-state index in [2.05, 4.69) is 106 Å². The first-order valence-corrected chi connectivity index (χ1v) is 8.99. The van der Waals surface area contributed by atoms with Gasteiger partial charge in [-0.3, -0.25) is 0 Å². The number of benzene rings is 3. The Morgan fingerprint density at radius 2 is 1.54 bits per heavy atom. The number of nitrogens with zero attached hydrogens (tertiary/aromatic N) is 2. The molecule has 0 fully saturated rings. The van der Waals surface area contributed by atoms with E-state index in [-0.39, 0.29) is 24.0 Å². The Kier molecular flexibility index (Phi) is 5.44. The van der Waals surface area contributed by atoms with Crippen LogP contribution in [0.25, 0.3) is 21.5 Å². The predicted octanol–water partition coefficient (Wildman–Crippen LogP) is 1.76. The molecule has 24 heavy (non-hydrogen) atoms. The van der Waals surface area contributed by atoms with Gasteiger partial charge in [-0.1, -0.05) is 48.5 Å². The summed E-state index contributed by atoms with van der Waals surface area (Å²) in [4.78, 5) is 0. The third-order valence-electron chi connectivity index (χ3n) is 4.45. The average molecular weight is 540 g/mol. The molecular weight excluding hydrogens is 522 g/mol. The first-order valence-electron chi connectivity index (χ1n) is 7.91. The van der Waals surface area contributed by atoms with Crippen molar-refractivity contribution in [2.75, 3.05) is 0 Å². The van der Waals surface area contributed by atoms with Gasteiger partial charge in [-0.05, 0) is 34.5 Å². The zero-order chi connectivity index (χ0) is 15.8. The van der Waals surface area contributed by atoms with Crippen LogP contribution in [0.2, 0.25) is 0 Å². The van der Waals surface area contributed by atoms with E-state index >= 15 is 0 Å². The van der Waals surface area contributed by atoms with E-state index in [9.17, 15) is 0 Å². The Bertz CT molecular complexity index is 951. The molecular formula is C20H18I2N2. The predicted molar refractivity (Wildman–Crippen MR) is 104 cm³/mol. The van der Waals surface area contributed by atoms with Crippen LogP contribution in [0.5, 0.6) is 0 Å². The lowest BCUT2D eigenvalue weighted by Gasteiger charge is -2.10. The van der Waals surface area contributed by atoms with Crippen LogP contribution >= 0.6 is 22.6 Å². The molecule has 4 heteroatoms. The second kappa shape index (κ2) is 7.39. The van der Waals surface area contributed by atoms with Crippen molar-refractivity contribution in [1.29, 1.82) is 0 Å². The van der Waals surface area contributed by atoms with Crippen molar-refractivity contribution in [2.24, 2.45) is 0 Å². The summed E-state index contributed by atoms with van der Waals surface area (Å²) in [6.07, 6.45) is 4.34. The van der Waals surface area contributed by atoms with Crippen LogP contribution in [-0.2, 0) is 13.1 Å². The third-order valence-corrected chi connectivity index (χ3v) is 5.69. The highest BCUT2D eigenvalue weighted by molar-refractivity contribution is 14.1. The van der Waals surface area contributed by atoms with Crippen molar-refractivity contribution < 1.29 is 28.5 Å². The van der Waals surface area contributed by atoms with Gasteiger partial charge in [-0.2, -0.15) is 0 Å². The molecule has 0 aliphatic rings. The number of aryl methyl sites for hydroxylation is 1. The summed E-state index contributed by atoms with van der Waals surface area (Å²) < 4.78 is 5.87. The number of hydrogen-bond donors (Lipinski definition) is 0. The SMILES string of the molecule is CCn1cc[n+](Cc2c3ccccc3cc3ccccc23)c1I.[I-]. The highest BCUT2D eigenvalue weighted by atomic mass is 127. The highest BCUT2D eigenvalue weighted by Gasteiger charge is 2.16. The molecule has 4 rings (SSSR count). The molecule has 4 aromatic rings. The first-order chi connectivity index (χ1) is 11.3. The third kappa shape index (κ3) is 3.06. The monoisotopic (exact) mass is 540 g/mol. The van der Waals surface area contributed by atoms with Gasteiger partial charge >= 0.3 is 3.83 Å². The maximum absolute atomic E-state index is 2.44.